The van der Waals surface area contributed by atoms with E-state index in [1.54, 1.807) is 0 Å². The Balaban J connectivity index is 3.17. The third-order valence-corrected chi connectivity index (χ3v) is 3.31. The highest BCUT2D eigenvalue weighted by atomic mass is 16.2. The molecule has 1 heterocycles. The van der Waals surface area contributed by atoms with Crippen LogP contribution in [0.3, 0.4) is 0 Å². The lowest BCUT2D eigenvalue weighted by Gasteiger charge is -2.20. The molecule has 1 rings (SSSR count). The SMILES string of the molecule is CC(C)Cn1c(N)c(NCCC(C)(C)C)c(=O)n(C)c1=O. The van der Waals surface area contributed by atoms with E-state index in [1.165, 1.54) is 11.6 Å². The fraction of sp³-hybridized carbons (Fsp3) is 0.733. The average Bonchev–Trinajstić information content (AvgIpc) is 2.35. The topological polar surface area (TPSA) is 82.0 Å². The van der Waals surface area contributed by atoms with Crippen LogP contribution in [-0.2, 0) is 13.6 Å². The van der Waals surface area contributed by atoms with Crippen LogP contribution >= 0.6 is 0 Å². The fourth-order valence-electron chi connectivity index (χ4n) is 2.05. The second kappa shape index (κ2) is 6.37. The van der Waals surface area contributed by atoms with Crippen LogP contribution in [-0.4, -0.2) is 15.7 Å². The van der Waals surface area contributed by atoms with Crippen molar-refractivity contribution in [2.45, 2.75) is 47.6 Å². The summed E-state index contributed by atoms with van der Waals surface area (Å²) in [5, 5.41) is 3.10. The van der Waals surface area contributed by atoms with Crippen LogP contribution in [0, 0.1) is 11.3 Å². The summed E-state index contributed by atoms with van der Waals surface area (Å²) < 4.78 is 2.57. The number of rotatable bonds is 5. The minimum Gasteiger partial charge on any atom is -0.383 e. The molecule has 1 aromatic heterocycles. The largest absolute Gasteiger partial charge is 0.383 e. The monoisotopic (exact) mass is 296 g/mol. The summed E-state index contributed by atoms with van der Waals surface area (Å²) in [6.45, 7) is 11.5. The summed E-state index contributed by atoms with van der Waals surface area (Å²) in [5.74, 6) is 0.496. The molecule has 0 radical (unpaired) electrons. The van der Waals surface area contributed by atoms with Gasteiger partial charge in [0.1, 0.15) is 11.5 Å². The minimum atomic E-state index is -0.369. The quantitative estimate of drug-likeness (QED) is 0.865. The summed E-state index contributed by atoms with van der Waals surface area (Å²) in [7, 11) is 1.48. The van der Waals surface area contributed by atoms with Gasteiger partial charge < -0.3 is 11.1 Å². The molecule has 120 valence electrons. The number of nitrogens with zero attached hydrogens (tertiary/aromatic N) is 2. The average molecular weight is 296 g/mol. The summed E-state index contributed by atoms with van der Waals surface area (Å²) in [5.41, 5.74) is 5.79. The van der Waals surface area contributed by atoms with E-state index in [-0.39, 0.29) is 28.4 Å². The molecule has 0 saturated carbocycles. The number of aromatic nitrogens is 2. The highest BCUT2D eigenvalue weighted by Crippen LogP contribution is 2.19. The Hall–Kier alpha value is -1.72. The molecule has 0 unspecified atom stereocenters. The van der Waals surface area contributed by atoms with Gasteiger partial charge in [-0.3, -0.25) is 13.9 Å². The van der Waals surface area contributed by atoms with Crippen LogP contribution in [0.2, 0.25) is 0 Å². The van der Waals surface area contributed by atoms with Crippen LogP contribution in [0.15, 0.2) is 9.59 Å². The molecular formula is C15H28N4O2. The molecule has 3 N–H and O–H groups in total. The van der Waals surface area contributed by atoms with Gasteiger partial charge in [0.25, 0.3) is 5.56 Å². The van der Waals surface area contributed by atoms with Crippen molar-refractivity contribution < 1.29 is 0 Å². The van der Waals surface area contributed by atoms with Crippen molar-refractivity contribution in [2.24, 2.45) is 18.4 Å². The van der Waals surface area contributed by atoms with E-state index in [4.69, 9.17) is 5.73 Å². The predicted molar refractivity (Wildman–Crippen MR) is 87.8 cm³/mol. The minimum absolute atomic E-state index is 0.166. The van der Waals surface area contributed by atoms with Gasteiger partial charge in [-0.15, -0.1) is 0 Å². The summed E-state index contributed by atoms with van der Waals surface area (Å²) >= 11 is 0. The Morgan fingerprint density at radius 1 is 1.24 bits per heavy atom. The highest BCUT2D eigenvalue weighted by Gasteiger charge is 2.17. The summed E-state index contributed by atoms with van der Waals surface area (Å²) in [6.07, 6.45) is 0.902. The normalized spacial score (nSPS) is 12.0. The molecule has 0 aliphatic rings. The molecule has 0 bridgehead atoms. The molecule has 1 aromatic rings. The first-order chi connectivity index (χ1) is 9.54. The zero-order chi connectivity index (χ0) is 16.4. The van der Waals surface area contributed by atoms with Gasteiger partial charge in [0.2, 0.25) is 0 Å². The van der Waals surface area contributed by atoms with Crippen molar-refractivity contribution in [1.82, 2.24) is 9.13 Å². The van der Waals surface area contributed by atoms with Gasteiger partial charge in [-0.05, 0) is 17.8 Å². The zero-order valence-electron chi connectivity index (χ0n) is 14.0. The predicted octanol–water partition coefficient (Wildman–Crippen LogP) is 1.63. The molecule has 0 aliphatic carbocycles. The van der Waals surface area contributed by atoms with Crippen molar-refractivity contribution in [3.8, 4) is 0 Å². The van der Waals surface area contributed by atoms with E-state index in [1.807, 2.05) is 13.8 Å². The van der Waals surface area contributed by atoms with Crippen molar-refractivity contribution in [3.05, 3.63) is 20.8 Å². The van der Waals surface area contributed by atoms with Gasteiger partial charge in [-0.2, -0.15) is 0 Å². The Bertz CT molecular complexity index is 606. The van der Waals surface area contributed by atoms with Crippen molar-refractivity contribution in [3.63, 3.8) is 0 Å². The highest BCUT2D eigenvalue weighted by molar-refractivity contribution is 5.60. The Labute approximate surface area is 126 Å². The molecule has 0 fully saturated rings. The number of hydrogen-bond acceptors (Lipinski definition) is 4. The lowest BCUT2D eigenvalue weighted by atomic mass is 9.92. The second-order valence-electron chi connectivity index (χ2n) is 7.15. The molecule has 0 aliphatic heterocycles. The molecule has 0 saturated heterocycles. The van der Waals surface area contributed by atoms with Crippen LogP contribution in [0.4, 0.5) is 11.5 Å². The standard InChI is InChI=1S/C15H28N4O2/c1-10(2)9-19-12(16)11(13(20)18(6)14(19)21)17-8-7-15(3,4)5/h10,17H,7-9,16H2,1-6H3. The van der Waals surface area contributed by atoms with Gasteiger partial charge in [0, 0.05) is 20.1 Å². The Morgan fingerprint density at radius 3 is 2.29 bits per heavy atom. The van der Waals surface area contributed by atoms with Crippen molar-refractivity contribution in [2.75, 3.05) is 17.6 Å². The molecule has 0 aromatic carbocycles. The summed E-state index contributed by atoms with van der Waals surface area (Å²) in [4.78, 5) is 24.4. The molecule has 0 amide bonds. The van der Waals surface area contributed by atoms with E-state index < -0.39 is 0 Å². The first kappa shape index (κ1) is 17.3. The van der Waals surface area contributed by atoms with Gasteiger partial charge in [-0.25, -0.2) is 4.79 Å². The van der Waals surface area contributed by atoms with Gasteiger partial charge in [0.15, 0.2) is 0 Å². The number of anilines is 2. The van der Waals surface area contributed by atoms with Gasteiger partial charge >= 0.3 is 5.69 Å². The fourth-order valence-corrected chi connectivity index (χ4v) is 2.05. The smallest absolute Gasteiger partial charge is 0.332 e. The molecule has 6 heteroatoms. The number of nitrogens with one attached hydrogen (secondary N) is 1. The number of hydrogen-bond donors (Lipinski definition) is 2. The summed E-state index contributed by atoms with van der Waals surface area (Å²) in [6, 6.07) is 0. The maximum absolute atomic E-state index is 12.2. The maximum atomic E-state index is 12.2. The third-order valence-electron chi connectivity index (χ3n) is 3.31. The molecular weight excluding hydrogens is 268 g/mol. The molecule has 21 heavy (non-hydrogen) atoms. The molecule has 0 spiro atoms. The molecule has 6 nitrogen and oxygen atoms in total. The maximum Gasteiger partial charge on any atom is 0.332 e. The zero-order valence-corrected chi connectivity index (χ0v) is 14.0. The van der Waals surface area contributed by atoms with Crippen LogP contribution < -0.4 is 22.3 Å². The second-order valence-corrected chi connectivity index (χ2v) is 7.15. The lowest BCUT2D eigenvalue weighted by Crippen LogP contribution is -2.41. The van der Waals surface area contributed by atoms with Crippen LogP contribution in [0.25, 0.3) is 0 Å². The van der Waals surface area contributed by atoms with E-state index in [9.17, 15) is 9.59 Å². The lowest BCUT2D eigenvalue weighted by molar-refractivity contribution is 0.389. The Morgan fingerprint density at radius 2 is 1.81 bits per heavy atom. The van der Waals surface area contributed by atoms with Crippen molar-refractivity contribution >= 4 is 11.5 Å². The number of nitrogens with two attached hydrogens (primary N) is 1. The first-order valence-electron chi connectivity index (χ1n) is 7.37. The van der Waals surface area contributed by atoms with Gasteiger partial charge in [0.05, 0.1) is 0 Å². The van der Waals surface area contributed by atoms with E-state index >= 15 is 0 Å². The molecule has 0 atom stereocenters. The third kappa shape index (κ3) is 4.37. The Kier molecular flexibility index (Phi) is 5.25. The first-order valence-corrected chi connectivity index (χ1v) is 7.37. The van der Waals surface area contributed by atoms with Crippen LogP contribution in [0.1, 0.15) is 41.0 Å². The van der Waals surface area contributed by atoms with E-state index in [2.05, 4.69) is 26.1 Å². The van der Waals surface area contributed by atoms with Crippen LogP contribution in [0.5, 0.6) is 0 Å². The number of nitrogen functional groups attached to an aromatic ring is 1. The van der Waals surface area contributed by atoms with E-state index in [0.29, 0.717) is 18.8 Å². The van der Waals surface area contributed by atoms with Crippen molar-refractivity contribution in [1.29, 1.82) is 0 Å². The van der Waals surface area contributed by atoms with E-state index in [0.717, 1.165) is 11.0 Å². The van der Waals surface area contributed by atoms with Gasteiger partial charge in [-0.1, -0.05) is 34.6 Å².